The number of Topliss-reactive ketones (excluding diaryl/α,β-unsaturated/α-hetero) is 1. The van der Waals surface area contributed by atoms with Crippen LogP contribution in [0.4, 0.5) is 5.69 Å². The molecule has 0 radical (unpaired) electrons. The zero-order valence-electron chi connectivity index (χ0n) is 13.8. The van der Waals surface area contributed by atoms with Crippen LogP contribution in [0.15, 0.2) is 6.07 Å². The lowest BCUT2D eigenvalue weighted by atomic mass is 9.72. The van der Waals surface area contributed by atoms with Crippen LogP contribution in [0.1, 0.15) is 50.0 Å². The molecule has 0 atom stereocenters. The van der Waals surface area contributed by atoms with Crippen molar-refractivity contribution in [3.8, 4) is 11.5 Å². The summed E-state index contributed by atoms with van der Waals surface area (Å²) in [5, 5.41) is 11.6. The summed E-state index contributed by atoms with van der Waals surface area (Å²) >= 11 is 0. The maximum atomic E-state index is 12.7. The Balaban J connectivity index is 2.82. The van der Waals surface area contributed by atoms with E-state index in [0.717, 1.165) is 13.8 Å². The quantitative estimate of drug-likeness (QED) is 0.361. The van der Waals surface area contributed by atoms with Crippen LogP contribution in [-0.2, 0) is 16.0 Å². The van der Waals surface area contributed by atoms with Crippen LogP contribution in [0.3, 0.4) is 0 Å². The standard InChI is InChI=1S/C16H17NO7/c1-8(18)23-11-7-10-5-6-16(3,4)15(20)12(10)13(17(21)22)14(11)24-9(2)19/h7H,5-6H2,1-4H3. The van der Waals surface area contributed by atoms with Crippen LogP contribution in [0.2, 0.25) is 0 Å². The smallest absolute Gasteiger partial charge is 0.326 e. The van der Waals surface area contributed by atoms with Gasteiger partial charge in [-0.25, -0.2) is 0 Å². The van der Waals surface area contributed by atoms with E-state index in [1.54, 1.807) is 13.8 Å². The van der Waals surface area contributed by atoms with Gasteiger partial charge in [-0.3, -0.25) is 24.5 Å². The lowest BCUT2D eigenvalue weighted by Crippen LogP contribution is -2.31. The molecule has 0 unspecified atom stereocenters. The first kappa shape index (κ1) is 17.6. The summed E-state index contributed by atoms with van der Waals surface area (Å²) in [5.74, 6) is -2.71. The maximum absolute atomic E-state index is 12.7. The molecule has 8 heteroatoms. The van der Waals surface area contributed by atoms with Crippen molar-refractivity contribution in [2.75, 3.05) is 0 Å². The van der Waals surface area contributed by atoms with Crippen molar-refractivity contribution in [3.05, 3.63) is 27.3 Å². The number of ketones is 1. The van der Waals surface area contributed by atoms with Gasteiger partial charge < -0.3 is 9.47 Å². The number of carbonyl (C=O) groups is 3. The third-order valence-electron chi connectivity index (χ3n) is 3.85. The van der Waals surface area contributed by atoms with Gasteiger partial charge in [0.15, 0.2) is 11.5 Å². The number of carbonyl (C=O) groups excluding carboxylic acids is 3. The molecule has 0 N–H and O–H groups in total. The molecular formula is C16H17NO7. The van der Waals surface area contributed by atoms with E-state index in [4.69, 9.17) is 9.47 Å². The monoisotopic (exact) mass is 335 g/mol. The molecule has 0 fully saturated rings. The number of esters is 2. The second kappa shape index (κ2) is 6.03. The Morgan fingerprint density at radius 3 is 2.29 bits per heavy atom. The first-order valence-electron chi connectivity index (χ1n) is 7.30. The first-order chi connectivity index (χ1) is 11.0. The molecule has 24 heavy (non-hydrogen) atoms. The molecule has 0 saturated heterocycles. The Bertz CT molecular complexity index is 764. The van der Waals surface area contributed by atoms with Crippen molar-refractivity contribution in [3.63, 3.8) is 0 Å². The number of nitro benzene ring substituents is 1. The van der Waals surface area contributed by atoms with Crippen LogP contribution in [0.5, 0.6) is 11.5 Å². The Morgan fingerprint density at radius 2 is 1.79 bits per heavy atom. The van der Waals surface area contributed by atoms with Gasteiger partial charge in [-0.05, 0) is 24.5 Å². The molecule has 0 aliphatic heterocycles. The van der Waals surface area contributed by atoms with Gasteiger partial charge in [-0.2, -0.15) is 0 Å². The molecule has 1 aliphatic carbocycles. The van der Waals surface area contributed by atoms with Crippen molar-refractivity contribution in [2.45, 2.75) is 40.5 Å². The number of nitrogens with zero attached hydrogens (tertiary/aromatic N) is 1. The van der Waals surface area contributed by atoms with Crippen LogP contribution in [0, 0.1) is 15.5 Å². The summed E-state index contributed by atoms with van der Waals surface area (Å²) in [6, 6.07) is 1.36. The van der Waals surface area contributed by atoms with E-state index >= 15 is 0 Å². The summed E-state index contributed by atoms with van der Waals surface area (Å²) in [6.45, 7) is 5.59. The van der Waals surface area contributed by atoms with Gasteiger partial charge >= 0.3 is 17.6 Å². The second-order valence-corrected chi connectivity index (χ2v) is 6.24. The van der Waals surface area contributed by atoms with Crippen LogP contribution >= 0.6 is 0 Å². The molecule has 8 nitrogen and oxygen atoms in total. The number of ether oxygens (including phenoxy) is 2. The van der Waals surface area contributed by atoms with Gasteiger partial charge in [0.2, 0.25) is 0 Å². The van der Waals surface area contributed by atoms with Gasteiger partial charge in [-0.15, -0.1) is 0 Å². The fourth-order valence-corrected chi connectivity index (χ4v) is 2.68. The molecular weight excluding hydrogens is 318 g/mol. The van der Waals surface area contributed by atoms with Crippen molar-refractivity contribution in [2.24, 2.45) is 5.41 Å². The molecule has 1 aliphatic rings. The third kappa shape index (κ3) is 3.12. The molecule has 0 spiro atoms. The summed E-state index contributed by atoms with van der Waals surface area (Å²) in [4.78, 5) is 46.1. The number of hydrogen-bond donors (Lipinski definition) is 0. The number of aryl methyl sites for hydroxylation is 1. The number of benzene rings is 1. The fourth-order valence-electron chi connectivity index (χ4n) is 2.68. The predicted molar refractivity (Wildman–Crippen MR) is 82.1 cm³/mol. The minimum absolute atomic E-state index is 0.0941. The van der Waals surface area contributed by atoms with Crippen molar-refractivity contribution in [1.29, 1.82) is 0 Å². The van der Waals surface area contributed by atoms with Crippen LogP contribution in [0.25, 0.3) is 0 Å². The Labute approximate surface area is 137 Å². The summed E-state index contributed by atoms with van der Waals surface area (Å²) in [6.07, 6.45) is 0.909. The van der Waals surface area contributed by atoms with E-state index < -0.39 is 39.5 Å². The topological polar surface area (TPSA) is 113 Å². The number of rotatable bonds is 3. The average Bonchev–Trinajstić information content (AvgIpc) is 2.43. The second-order valence-electron chi connectivity index (χ2n) is 6.24. The molecule has 0 bridgehead atoms. The normalized spacial score (nSPS) is 15.4. The van der Waals surface area contributed by atoms with Gasteiger partial charge in [-0.1, -0.05) is 13.8 Å². The van der Waals surface area contributed by atoms with E-state index in [0.29, 0.717) is 18.4 Å². The maximum Gasteiger partial charge on any atom is 0.326 e. The molecule has 1 aromatic carbocycles. The molecule has 0 amide bonds. The summed E-state index contributed by atoms with van der Waals surface area (Å²) in [7, 11) is 0. The van der Waals surface area contributed by atoms with Gasteiger partial charge in [0.05, 0.1) is 4.92 Å². The van der Waals surface area contributed by atoms with Crippen molar-refractivity contribution < 1.29 is 28.8 Å². The number of hydrogen-bond acceptors (Lipinski definition) is 7. The highest BCUT2D eigenvalue weighted by molar-refractivity contribution is 6.07. The van der Waals surface area contributed by atoms with Gasteiger partial charge in [0.1, 0.15) is 5.56 Å². The number of nitro groups is 1. The highest BCUT2D eigenvalue weighted by atomic mass is 16.6. The summed E-state index contributed by atoms with van der Waals surface area (Å²) < 4.78 is 9.87. The summed E-state index contributed by atoms with van der Waals surface area (Å²) in [5.41, 5.74) is -1.10. The Kier molecular flexibility index (Phi) is 4.42. The molecule has 1 aromatic rings. The van der Waals surface area contributed by atoms with E-state index in [1.807, 2.05) is 0 Å². The molecule has 128 valence electrons. The lowest BCUT2D eigenvalue weighted by Gasteiger charge is -2.29. The Morgan fingerprint density at radius 1 is 1.21 bits per heavy atom. The lowest BCUT2D eigenvalue weighted by molar-refractivity contribution is -0.386. The minimum atomic E-state index is -0.825. The largest absolute Gasteiger partial charge is 0.422 e. The average molecular weight is 335 g/mol. The van der Waals surface area contributed by atoms with Crippen LogP contribution in [-0.4, -0.2) is 22.6 Å². The van der Waals surface area contributed by atoms with E-state index in [9.17, 15) is 24.5 Å². The zero-order chi connectivity index (χ0) is 18.2. The predicted octanol–water partition coefficient (Wildman–Crippen LogP) is 2.60. The number of fused-ring (bicyclic) bond motifs is 1. The van der Waals surface area contributed by atoms with Gasteiger partial charge in [0, 0.05) is 19.3 Å². The van der Waals surface area contributed by atoms with E-state index in [-0.39, 0.29) is 11.3 Å². The van der Waals surface area contributed by atoms with E-state index in [2.05, 4.69) is 0 Å². The SMILES string of the molecule is CC(=O)Oc1cc2c(c([N+](=O)[O-])c1OC(C)=O)C(=O)C(C)(C)CC2. The minimum Gasteiger partial charge on any atom is -0.422 e. The zero-order valence-corrected chi connectivity index (χ0v) is 13.8. The third-order valence-corrected chi connectivity index (χ3v) is 3.85. The van der Waals surface area contributed by atoms with Crippen molar-refractivity contribution >= 4 is 23.4 Å². The molecule has 2 rings (SSSR count). The highest BCUT2D eigenvalue weighted by Gasteiger charge is 2.42. The molecule has 0 heterocycles. The Hall–Kier alpha value is -2.77. The van der Waals surface area contributed by atoms with Crippen LogP contribution < -0.4 is 9.47 Å². The molecule has 0 saturated carbocycles. The fraction of sp³-hybridized carbons (Fsp3) is 0.438. The first-order valence-corrected chi connectivity index (χ1v) is 7.30. The van der Waals surface area contributed by atoms with Gasteiger partial charge in [0.25, 0.3) is 5.75 Å². The van der Waals surface area contributed by atoms with Crippen molar-refractivity contribution in [1.82, 2.24) is 0 Å². The highest BCUT2D eigenvalue weighted by Crippen LogP contribution is 2.47. The molecule has 0 aromatic heterocycles. The van der Waals surface area contributed by atoms with E-state index in [1.165, 1.54) is 6.07 Å².